The standard InChI is InChI=1S/C36H62O31/c37-1-7-13(43)15(45)21(51)32(58-7)63-27-10(4-40)60-33(22(52)17(27)47)64-28-11(5-41)61-34(23(53)18(28)48)65-29-12(6-42)62-35(24(54)19(29)49)67-30-14(44)8(2-38)59-36(25(30)55)66-26-9(3-39)57-31(56)20(50)16(26)46/h7-56H,1-6H2/t7-,8-,9-,10-,11-,12-,13-,14-,15+,16-,17-,18-,19-,20-,21-,22-,23-,24-,25-,26-,27-,28-,29-,30+,31?,32+,33+,34+,35+,36+/m1/s1. The topological polar surface area (TPSA) is 506 Å². The van der Waals surface area contributed by atoms with E-state index in [0.717, 1.165) is 0 Å². The Morgan fingerprint density at radius 3 is 0.821 bits per heavy atom. The van der Waals surface area contributed by atoms with Crippen molar-refractivity contribution < 1.29 is 154 Å². The first kappa shape index (κ1) is 55.1. The predicted molar refractivity (Wildman–Crippen MR) is 199 cm³/mol. The van der Waals surface area contributed by atoms with E-state index in [2.05, 4.69) is 0 Å². The third-order valence-electron chi connectivity index (χ3n) is 12.4. The quantitative estimate of drug-likeness (QED) is 0.0683. The van der Waals surface area contributed by atoms with Crippen LogP contribution >= 0.6 is 0 Å². The summed E-state index contributed by atoms with van der Waals surface area (Å²) in [5.41, 5.74) is 0. The minimum atomic E-state index is -2.20. The molecule has 6 fully saturated rings. The molecule has 392 valence electrons. The molecule has 6 saturated heterocycles. The average Bonchev–Trinajstić information content (AvgIpc) is 3.32. The van der Waals surface area contributed by atoms with Gasteiger partial charge in [0.1, 0.15) is 146 Å². The summed E-state index contributed by atoms with van der Waals surface area (Å²) in [7, 11) is 0. The number of rotatable bonds is 16. The minimum Gasteiger partial charge on any atom is -0.394 e. The van der Waals surface area contributed by atoms with E-state index in [9.17, 15) is 102 Å². The lowest BCUT2D eigenvalue weighted by molar-refractivity contribution is -0.396. The largest absolute Gasteiger partial charge is 0.394 e. The van der Waals surface area contributed by atoms with Crippen molar-refractivity contribution in [3.05, 3.63) is 0 Å². The van der Waals surface area contributed by atoms with Crippen LogP contribution in [0.15, 0.2) is 0 Å². The van der Waals surface area contributed by atoms with Gasteiger partial charge < -0.3 is 154 Å². The smallest absolute Gasteiger partial charge is 0.187 e. The molecule has 6 rings (SSSR count). The van der Waals surface area contributed by atoms with E-state index in [0.29, 0.717) is 0 Å². The zero-order valence-corrected chi connectivity index (χ0v) is 35.0. The highest BCUT2D eigenvalue weighted by Gasteiger charge is 2.57. The maximum atomic E-state index is 11.2. The average molecular weight is 991 g/mol. The van der Waals surface area contributed by atoms with Gasteiger partial charge in [-0.25, -0.2) is 0 Å². The Hall–Kier alpha value is -1.24. The Labute approximate surface area is 378 Å². The Bertz CT molecular complexity index is 1500. The Balaban J connectivity index is 1.09. The van der Waals surface area contributed by atoms with Crippen molar-refractivity contribution in [1.82, 2.24) is 0 Å². The summed E-state index contributed by atoms with van der Waals surface area (Å²) >= 11 is 0. The SMILES string of the molecule is OC[C@H]1O[C@@H](O[C@H]2[C@H](O)[C@@H](O)[C@H](O[C@H]3[C@H](O)[C@@H](O)[C@H](O[C@H]4[C@H](O)[C@@H](O)[C@H](O[C@@H]5[C@@H](O)[C@H](O[C@H]6[C@H](O)[C@@H](O)C(O)O[C@@H]6CO)O[C@H](CO)[C@H]5O)O[C@@H]4CO)O[C@@H]3CO)O[C@@H]2CO)[C@H](O)[C@@H](O)[C@@H]1O. The van der Waals surface area contributed by atoms with Gasteiger partial charge in [-0.15, -0.1) is 0 Å². The second-order valence-electron chi connectivity index (χ2n) is 16.8. The highest BCUT2D eigenvalue weighted by atomic mass is 16.8. The first-order valence-electron chi connectivity index (χ1n) is 21.1. The Morgan fingerprint density at radius 1 is 0.224 bits per heavy atom. The molecule has 0 aliphatic carbocycles. The molecule has 6 heterocycles. The van der Waals surface area contributed by atoms with Crippen LogP contribution in [-0.2, 0) is 52.1 Å². The number of hydrogen-bond acceptors (Lipinski definition) is 31. The summed E-state index contributed by atoms with van der Waals surface area (Å²) in [5, 5.41) is 210. The second kappa shape index (κ2) is 23.5. The fourth-order valence-corrected chi connectivity index (χ4v) is 8.51. The number of aliphatic hydroxyl groups excluding tert-OH is 20. The van der Waals surface area contributed by atoms with Crippen LogP contribution in [0.3, 0.4) is 0 Å². The normalized spacial score (nSPS) is 53.4. The molecule has 31 nitrogen and oxygen atoms in total. The van der Waals surface area contributed by atoms with E-state index < -0.39 is 224 Å². The first-order chi connectivity index (χ1) is 31.8. The predicted octanol–water partition coefficient (Wildman–Crippen LogP) is -14.1. The van der Waals surface area contributed by atoms with Crippen molar-refractivity contribution in [2.75, 3.05) is 39.6 Å². The highest BCUT2D eigenvalue weighted by molar-refractivity contribution is 5.00. The molecular formula is C36H62O31. The van der Waals surface area contributed by atoms with Gasteiger partial charge in [-0.3, -0.25) is 0 Å². The zero-order valence-electron chi connectivity index (χ0n) is 35.0. The fourth-order valence-electron chi connectivity index (χ4n) is 8.51. The zero-order chi connectivity index (χ0) is 49.3. The van der Waals surface area contributed by atoms with E-state index in [4.69, 9.17) is 52.1 Å². The summed E-state index contributed by atoms with van der Waals surface area (Å²) < 4.78 is 60.5. The fraction of sp³-hybridized carbons (Fsp3) is 1.00. The summed E-state index contributed by atoms with van der Waals surface area (Å²) in [4.78, 5) is 0. The molecule has 0 spiro atoms. The lowest BCUT2D eigenvalue weighted by Gasteiger charge is -2.49. The first-order valence-corrected chi connectivity index (χ1v) is 21.1. The Kier molecular flexibility index (Phi) is 19.4. The van der Waals surface area contributed by atoms with Gasteiger partial charge in [0, 0.05) is 0 Å². The van der Waals surface area contributed by atoms with Crippen LogP contribution in [0.4, 0.5) is 0 Å². The van der Waals surface area contributed by atoms with Gasteiger partial charge in [0.25, 0.3) is 0 Å². The molecule has 0 amide bonds. The molecule has 1 unspecified atom stereocenters. The van der Waals surface area contributed by atoms with Gasteiger partial charge in [-0.1, -0.05) is 0 Å². The van der Waals surface area contributed by atoms with E-state index >= 15 is 0 Å². The van der Waals surface area contributed by atoms with Crippen molar-refractivity contribution in [3.63, 3.8) is 0 Å². The van der Waals surface area contributed by atoms with Gasteiger partial charge >= 0.3 is 0 Å². The summed E-state index contributed by atoms with van der Waals surface area (Å²) in [6.07, 6.45) is -56.9. The molecule has 6 aliphatic heterocycles. The van der Waals surface area contributed by atoms with Gasteiger partial charge in [0.15, 0.2) is 37.7 Å². The second-order valence-corrected chi connectivity index (χ2v) is 16.8. The minimum absolute atomic E-state index is 0.831. The van der Waals surface area contributed by atoms with Crippen LogP contribution < -0.4 is 0 Å². The number of aliphatic hydroxyl groups is 20. The van der Waals surface area contributed by atoms with E-state index in [1.165, 1.54) is 0 Å². The van der Waals surface area contributed by atoms with E-state index in [1.54, 1.807) is 0 Å². The molecule has 0 aromatic heterocycles. The van der Waals surface area contributed by atoms with Crippen molar-refractivity contribution >= 4 is 0 Å². The molecule has 6 aliphatic rings. The van der Waals surface area contributed by atoms with E-state index in [-0.39, 0.29) is 0 Å². The molecule has 0 bridgehead atoms. The maximum Gasteiger partial charge on any atom is 0.187 e. The summed E-state index contributed by atoms with van der Waals surface area (Å²) in [5.74, 6) is 0. The molecule has 20 N–H and O–H groups in total. The van der Waals surface area contributed by atoms with Crippen LogP contribution in [0.5, 0.6) is 0 Å². The third-order valence-corrected chi connectivity index (χ3v) is 12.4. The summed E-state index contributed by atoms with van der Waals surface area (Å²) in [6.45, 7) is -5.69. The molecule has 67 heavy (non-hydrogen) atoms. The molecule has 0 aromatic carbocycles. The molecule has 30 atom stereocenters. The molecular weight excluding hydrogens is 928 g/mol. The molecule has 0 aromatic rings. The van der Waals surface area contributed by atoms with Gasteiger partial charge in [-0.2, -0.15) is 0 Å². The maximum absolute atomic E-state index is 11.2. The number of hydrogen-bond donors (Lipinski definition) is 20. The van der Waals surface area contributed by atoms with Crippen LogP contribution in [0, 0.1) is 0 Å². The van der Waals surface area contributed by atoms with Gasteiger partial charge in [0.05, 0.1) is 39.6 Å². The highest BCUT2D eigenvalue weighted by Crippen LogP contribution is 2.36. The van der Waals surface area contributed by atoms with Gasteiger partial charge in [-0.05, 0) is 0 Å². The lowest BCUT2D eigenvalue weighted by atomic mass is 9.95. The van der Waals surface area contributed by atoms with Crippen LogP contribution in [0.25, 0.3) is 0 Å². The molecule has 0 radical (unpaired) electrons. The van der Waals surface area contributed by atoms with Crippen molar-refractivity contribution in [2.45, 2.75) is 184 Å². The van der Waals surface area contributed by atoms with Crippen molar-refractivity contribution in [3.8, 4) is 0 Å². The lowest BCUT2D eigenvalue weighted by Crippen LogP contribution is -2.68. The van der Waals surface area contributed by atoms with Gasteiger partial charge in [0.2, 0.25) is 0 Å². The van der Waals surface area contributed by atoms with Crippen LogP contribution in [0.1, 0.15) is 0 Å². The summed E-state index contributed by atoms with van der Waals surface area (Å²) in [6, 6.07) is 0. The monoisotopic (exact) mass is 990 g/mol. The molecule has 31 heteroatoms. The van der Waals surface area contributed by atoms with Crippen LogP contribution in [-0.4, -0.2) is 326 Å². The number of ether oxygens (including phenoxy) is 11. The Morgan fingerprint density at radius 2 is 0.478 bits per heavy atom. The van der Waals surface area contributed by atoms with Crippen molar-refractivity contribution in [1.29, 1.82) is 0 Å². The van der Waals surface area contributed by atoms with Crippen molar-refractivity contribution in [2.24, 2.45) is 0 Å². The third kappa shape index (κ3) is 11.2. The van der Waals surface area contributed by atoms with Crippen LogP contribution in [0.2, 0.25) is 0 Å². The van der Waals surface area contributed by atoms with E-state index in [1.807, 2.05) is 0 Å². The molecule has 0 saturated carbocycles.